The number of benzene rings is 2. The smallest absolute Gasteiger partial charge is 0.243 e. The van der Waals surface area contributed by atoms with E-state index in [9.17, 15) is 13.2 Å². The van der Waals surface area contributed by atoms with Crippen LogP contribution in [-0.2, 0) is 21.4 Å². The zero-order chi connectivity index (χ0) is 25.3. The third-order valence-corrected chi connectivity index (χ3v) is 9.53. The van der Waals surface area contributed by atoms with E-state index in [1.807, 2.05) is 37.3 Å². The van der Waals surface area contributed by atoms with Crippen molar-refractivity contribution in [2.75, 3.05) is 18.0 Å². The molecule has 0 radical (unpaired) electrons. The van der Waals surface area contributed by atoms with Gasteiger partial charge in [0.1, 0.15) is 0 Å². The summed E-state index contributed by atoms with van der Waals surface area (Å²) in [5.74, 6) is -0.614. The van der Waals surface area contributed by atoms with Gasteiger partial charge >= 0.3 is 0 Å². The van der Waals surface area contributed by atoms with Crippen molar-refractivity contribution in [2.45, 2.75) is 31.2 Å². The monoisotopic (exact) mass is 540 g/mol. The molecule has 36 heavy (non-hydrogen) atoms. The number of carbonyl (C=O) groups is 1. The number of halogens is 1. The van der Waals surface area contributed by atoms with Gasteiger partial charge in [0, 0.05) is 30.5 Å². The number of nitrogens with zero attached hydrogens (tertiary/aromatic N) is 4. The topological polar surface area (TPSA) is 83.5 Å². The van der Waals surface area contributed by atoms with Crippen LogP contribution >= 0.6 is 22.9 Å². The molecule has 10 heteroatoms. The number of anilines is 1. The summed E-state index contributed by atoms with van der Waals surface area (Å²) in [6.45, 7) is 2.81. The molecule has 1 saturated heterocycles. The Bertz CT molecular complexity index is 1490. The first-order valence-corrected chi connectivity index (χ1v) is 14.3. The highest BCUT2D eigenvalue weighted by Crippen LogP contribution is 2.34. The number of sulfonamides is 1. The summed E-state index contributed by atoms with van der Waals surface area (Å²) in [6, 6.07) is 15.9. The van der Waals surface area contributed by atoms with Crippen molar-refractivity contribution in [2.24, 2.45) is 5.92 Å². The number of pyridine rings is 1. The lowest BCUT2D eigenvalue weighted by Crippen LogP contribution is -2.46. The number of hydrogen-bond donors (Lipinski definition) is 0. The van der Waals surface area contributed by atoms with E-state index in [2.05, 4.69) is 4.98 Å². The molecule has 0 saturated carbocycles. The quantitative estimate of drug-likeness (QED) is 0.332. The summed E-state index contributed by atoms with van der Waals surface area (Å²) in [6.07, 6.45) is 4.64. The van der Waals surface area contributed by atoms with E-state index in [-0.39, 0.29) is 17.3 Å². The lowest BCUT2D eigenvalue weighted by atomic mass is 9.98. The van der Waals surface area contributed by atoms with Crippen molar-refractivity contribution >= 4 is 54.2 Å². The van der Waals surface area contributed by atoms with Crippen LogP contribution in [-0.4, -0.2) is 41.7 Å². The maximum Gasteiger partial charge on any atom is 0.243 e. The minimum absolute atomic E-state index is 0.122. The molecule has 4 aromatic rings. The van der Waals surface area contributed by atoms with Crippen LogP contribution in [0.4, 0.5) is 5.13 Å². The maximum atomic E-state index is 14.0. The van der Waals surface area contributed by atoms with Crippen LogP contribution < -0.4 is 4.90 Å². The van der Waals surface area contributed by atoms with Crippen LogP contribution in [0.2, 0.25) is 5.02 Å². The van der Waals surface area contributed by atoms with Crippen LogP contribution in [0.15, 0.2) is 71.9 Å². The standard InChI is InChI=1S/C26H25ClN4O3S2/c1-18-5-2-8-23-24(18)29-26(35-23)31(16-19-6-3-13-28-15-19)25(32)20-7-4-14-30(17-20)36(33,34)22-11-9-21(27)10-12-22/h2-3,5-6,8-13,15,20H,4,7,14,16-17H2,1H3. The van der Waals surface area contributed by atoms with Crippen molar-refractivity contribution < 1.29 is 13.2 Å². The molecule has 1 fully saturated rings. The Morgan fingerprint density at radius 2 is 1.97 bits per heavy atom. The van der Waals surface area contributed by atoms with Crippen LogP contribution in [0.5, 0.6) is 0 Å². The number of thiazole rings is 1. The Hall–Kier alpha value is -2.85. The molecule has 0 bridgehead atoms. The molecule has 7 nitrogen and oxygen atoms in total. The minimum atomic E-state index is -3.74. The second-order valence-corrected chi connectivity index (χ2v) is 12.2. The molecule has 0 aliphatic carbocycles. The zero-order valence-electron chi connectivity index (χ0n) is 19.7. The molecule has 1 atom stereocenters. The van der Waals surface area contributed by atoms with Gasteiger partial charge in [-0.05, 0) is 67.3 Å². The largest absolute Gasteiger partial charge is 0.283 e. The lowest BCUT2D eigenvalue weighted by molar-refractivity contribution is -0.123. The van der Waals surface area contributed by atoms with E-state index in [1.165, 1.54) is 27.8 Å². The van der Waals surface area contributed by atoms with Gasteiger partial charge in [-0.25, -0.2) is 13.4 Å². The van der Waals surface area contributed by atoms with E-state index in [0.717, 1.165) is 21.3 Å². The van der Waals surface area contributed by atoms with Gasteiger partial charge in [0.05, 0.1) is 27.6 Å². The number of amides is 1. The fourth-order valence-electron chi connectivity index (χ4n) is 4.44. The SMILES string of the molecule is Cc1cccc2sc(N(Cc3cccnc3)C(=O)C3CCCN(S(=O)(=O)c4ccc(Cl)cc4)C3)nc12. The Balaban J connectivity index is 1.45. The first kappa shape index (κ1) is 24.8. The molecule has 2 aromatic carbocycles. The van der Waals surface area contributed by atoms with Crippen LogP contribution in [0, 0.1) is 12.8 Å². The number of aromatic nitrogens is 2. The van der Waals surface area contributed by atoms with Gasteiger partial charge in [-0.1, -0.05) is 41.1 Å². The van der Waals surface area contributed by atoms with Gasteiger partial charge in [0.25, 0.3) is 0 Å². The predicted octanol–water partition coefficient (Wildman–Crippen LogP) is 5.29. The molecule has 1 unspecified atom stereocenters. The van der Waals surface area contributed by atoms with Crippen molar-refractivity contribution in [3.05, 3.63) is 83.1 Å². The van der Waals surface area contributed by atoms with Gasteiger partial charge in [-0.15, -0.1) is 0 Å². The van der Waals surface area contributed by atoms with Crippen molar-refractivity contribution in [1.29, 1.82) is 0 Å². The van der Waals surface area contributed by atoms with Gasteiger partial charge in [-0.2, -0.15) is 4.31 Å². The number of aryl methyl sites for hydroxylation is 1. The molecular weight excluding hydrogens is 516 g/mol. The van der Waals surface area contributed by atoms with Crippen molar-refractivity contribution in [3.8, 4) is 0 Å². The Labute approximate surface area is 219 Å². The average molecular weight is 541 g/mol. The molecule has 1 aliphatic heterocycles. The normalized spacial score (nSPS) is 16.8. The summed E-state index contributed by atoms with van der Waals surface area (Å²) < 4.78 is 29.0. The summed E-state index contributed by atoms with van der Waals surface area (Å²) in [5, 5.41) is 1.07. The third kappa shape index (κ3) is 5.01. The van der Waals surface area contributed by atoms with Crippen molar-refractivity contribution in [1.82, 2.24) is 14.3 Å². The summed E-state index contributed by atoms with van der Waals surface area (Å²) in [5.41, 5.74) is 2.79. The number of fused-ring (bicyclic) bond motifs is 1. The number of hydrogen-bond acceptors (Lipinski definition) is 6. The minimum Gasteiger partial charge on any atom is -0.283 e. The fourth-order valence-corrected chi connectivity index (χ4v) is 7.14. The van der Waals surface area contributed by atoms with E-state index in [4.69, 9.17) is 16.6 Å². The zero-order valence-corrected chi connectivity index (χ0v) is 22.1. The highest BCUT2D eigenvalue weighted by Gasteiger charge is 2.36. The van der Waals surface area contributed by atoms with E-state index < -0.39 is 15.9 Å². The molecule has 186 valence electrons. The van der Waals surface area contributed by atoms with Gasteiger partial charge in [-0.3, -0.25) is 14.7 Å². The molecular formula is C26H25ClN4O3S2. The first-order valence-electron chi connectivity index (χ1n) is 11.6. The number of piperidine rings is 1. The number of para-hydroxylation sites is 1. The van der Waals surface area contributed by atoms with Crippen LogP contribution in [0.1, 0.15) is 24.0 Å². The summed E-state index contributed by atoms with van der Waals surface area (Å²) >= 11 is 7.41. The molecule has 5 rings (SSSR count). The first-order chi connectivity index (χ1) is 17.3. The molecule has 0 spiro atoms. The Kier molecular flexibility index (Phi) is 7.07. The fraction of sp³-hybridized carbons (Fsp3) is 0.269. The second-order valence-electron chi connectivity index (χ2n) is 8.86. The number of rotatable bonds is 6. The van der Waals surface area contributed by atoms with Crippen LogP contribution in [0.3, 0.4) is 0 Å². The van der Waals surface area contributed by atoms with E-state index in [1.54, 1.807) is 29.4 Å². The Morgan fingerprint density at radius 1 is 1.17 bits per heavy atom. The van der Waals surface area contributed by atoms with Gasteiger partial charge in [0.15, 0.2) is 5.13 Å². The Morgan fingerprint density at radius 3 is 2.69 bits per heavy atom. The molecule has 1 amide bonds. The van der Waals surface area contributed by atoms with Crippen molar-refractivity contribution in [3.63, 3.8) is 0 Å². The highest BCUT2D eigenvalue weighted by atomic mass is 35.5. The molecule has 3 heterocycles. The molecule has 0 N–H and O–H groups in total. The number of carbonyl (C=O) groups excluding carboxylic acids is 1. The summed E-state index contributed by atoms with van der Waals surface area (Å²) in [7, 11) is -3.74. The predicted molar refractivity (Wildman–Crippen MR) is 143 cm³/mol. The van der Waals surface area contributed by atoms with E-state index >= 15 is 0 Å². The summed E-state index contributed by atoms with van der Waals surface area (Å²) in [4.78, 5) is 24.8. The molecule has 1 aliphatic rings. The average Bonchev–Trinajstić information content (AvgIpc) is 3.33. The third-order valence-electron chi connectivity index (χ3n) is 6.35. The van der Waals surface area contributed by atoms with E-state index in [0.29, 0.717) is 36.1 Å². The molecule has 2 aromatic heterocycles. The second kappa shape index (κ2) is 10.3. The maximum absolute atomic E-state index is 14.0. The lowest BCUT2D eigenvalue weighted by Gasteiger charge is -2.33. The van der Waals surface area contributed by atoms with Gasteiger partial charge in [0.2, 0.25) is 15.9 Å². The highest BCUT2D eigenvalue weighted by molar-refractivity contribution is 7.89. The van der Waals surface area contributed by atoms with Crippen LogP contribution in [0.25, 0.3) is 10.2 Å². The van der Waals surface area contributed by atoms with Gasteiger partial charge < -0.3 is 0 Å².